The molecule has 1 heterocycles. The maximum absolute atomic E-state index is 4.16. The summed E-state index contributed by atoms with van der Waals surface area (Å²) in [4.78, 5) is 0. The van der Waals surface area contributed by atoms with E-state index in [1.165, 1.54) is 38.5 Å². The molecule has 1 unspecified atom stereocenters. The number of hydrogen-bond acceptors (Lipinski definition) is 5. The fourth-order valence-electron chi connectivity index (χ4n) is 2.64. The van der Waals surface area contributed by atoms with E-state index in [0.29, 0.717) is 12.1 Å². The van der Waals surface area contributed by atoms with Gasteiger partial charge >= 0.3 is 0 Å². The molecule has 19 heavy (non-hydrogen) atoms. The Hall–Kier alpha value is -0.620. The minimum Gasteiger partial charge on any atom is -0.313 e. The van der Waals surface area contributed by atoms with Crippen molar-refractivity contribution in [1.82, 2.24) is 25.5 Å². The number of tetrazole rings is 1. The molecule has 0 radical (unpaired) electrons. The van der Waals surface area contributed by atoms with Crippen molar-refractivity contribution in [2.24, 2.45) is 0 Å². The van der Waals surface area contributed by atoms with E-state index < -0.39 is 0 Å². The van der Waals surface area contributed by atoms with Gasteiger partial charge in [-0.3, -0.25) is 0 Å². The van der Waals surface area contributed by atoms with Gasteiger partial charge in [-0.15, -0.1) is 5.10 Å². The van der Waals surface area contributed by atoms with Gasteiger partial charge in [0.05, 0.1) is 6.04 Å². The van der Waals surface area contributed by atoms with Crippen molar-refractivity contribution in [3.05, 3.63) is 0 Å². The van der Waals surface area contributed by atoms with Crippen molar-refractivity contribution in [2.45, 2.75) is 69.6 Å². The van der Waals surface area contributed by atoms with Crippen molar-refractivity contribution in [3.63, 3.8) is 0 Å². The molecule has 0 aromatic carbocycles. The molecule has 0 aliphatic heterocycles. The maximum Gasteiger partial charge on any atom is 0.209 e. The van der Waals surface area contributed by atoms with Crippen LogP contribution in [0.4, 0.5) is 0 Å². The Morgan fingerprint density at radius 3 is 2.95 bits per heavy atom. The minimum atomic E-state index is 0.532. The van der Waals surface area contributed by atoms with E-state index in [9.17, 15) is 0 Å². The van der Waals surface area contributed by atoms with Gasteiger partial charge < -0.3 is 5.32 Å². The van der Waals surface area contributed by atoms with Crippen LogP contribution in [0.5, 0.6) is 0 Å². The molecule has 1 aliphatic rings. The summed E-state index contributed by atoms with van der Waals surface area (Å²) in [5.74, 6) is 1.03. The summed E-state index contributed by atoms with van der Waals surface area (Å²) in [6.07, 6.45) is 7.55. The summed E-state index contributed by atoms with van der Waals surface area (Å²) >= 11 is 1.76. The predicted octanol–water partition coefficient (Wildman–Crippen LogP) is 2.66. The fraction of sp³-hybridized carbons (Fsp3) is 0.923. The summed E-state index contributed by atoms with van der Waals surface area (Å²) in [7, 11) is 0. The van der Waals surface area contributed by atoms with Gasteiger partial charge in [-0.05, 0) is 36.6 Å². The zero-order valence-corrected chi connectivity index (χ0v) is 12.8. The Kier molecular flexibility index (Phi) is 6.10. The third-order valence-corrected chi connectivity index (χ3v) is 4.62. The van der Waals surface area contributed by atoms with Gasteiger partial charge in [0, 0.05) is 18.3 Å². The second kappa shape index (κ2) is 7.85. The van der Waals surface area contributed by atoms with E-state index in [2.05, 4.69) is 34.7 Å². The van der Waals surface area contributed by atoms with E-state index in [-0.39, 0.29) is 0 Å². The molecular formula is C13H25N5S. The quantitative estimate of drug-likeness (QED) is 0.587. The molecule has 6 heteroatoms. The lowest BCUT2D eigenvalue weighted by atomic mass is 10.2. The maximum atomic E-state index is 4.16. The second-order valence-corrected chi connectivity index (χ2v) is 6.40. The summed E-state index contributed by atoms with van der Waals surface area (Å²) in [6.45, 7) is 5.49. The van der Waals surface area contributed by atoms with Gasteiger partial charge in [-0.1, -0.05) is 37.9 Å². The smallest absolute Gasteiger partial charge is 0.209 e. The van der Waals surface area contributed by atoms with Gasteiger partial charge in [0.2, 0.25) is 5.16 Å². The Bertz CT molecular complexity index is 362. The SMILES string of the molecule is CCCC(C)NCCSc1nnnn1C1CCCC1. The van der Waals surface area contributed by atoms with Crippen LogP contribution >= 0.6 is 11.8 Å². The Morgan fingerprint density at radius 1 is 1.42 bits per heavy atom. The standard InChI is InChI=1S/C13H25N5S/c1-3-6-11(2)14-9-10-19-13-15-16-17-18(13)12-7-4-5-8-12/h11-12,14H,3-10H2,1-2H3. The van der Waals surface area contributed by atoms with Crippen LogP contribution in [-0.4, -0.2) is 38.5 Å². The predicted molar refractivity (Wildman–Crippen MR) is 78.4 cm³/mol. The highest BCUT2D eigenvalue weighted by Gasteiger charge is 2.21. The third kappa shape index (κ3) is 4.45. The first kappa shape index (κ1) is 14.8. The Labute approximate surface area is 119 Å². The number of nitrogens with zero attached hydrogens (tertiary/aromatic N) is 4. The van der Waals surface area contributed by atoms with Crippen LogP contribution in [0.1, 0.15) is 58.4 Å². The summed E-state index contributed by atoms with van der Waals surface area (Å²) in [6, 6.07) is 1.14. The zero-order chi connectivity index (χ0) is 13.5. The average Bonchev–Trinajstić information content (AvgIpc) is 3.05. The summed E-state index contributed by atoms with van der Waals surface area (Å²) in [5, 5.41) is 16.7. The lowest BCUT2D eigenvalue weighted by Gasteiger charge is -2.13. The first-order valence-corrected chi connectivity index (χ1v) is 8.44. The van der Waals surface area contributed by atoms with E-state index in [4.69, 9.17) is 0 Å². The third-order valence-electron chi connectivity index (χ3n) is 3.68. The molecule has 1 saturated carbocycles. The molecule has 2 rings (SSSR count). The molecule has 0 spiro atoms. The van der Waals surface area contributed by atoms with Crippen molar-refractivity contribution in [3.8, 4) is 0 Å². The first-order valence-electron chi connectivity index (χ1n) is 7.45. The van der Waals surface area contributed by atoms with Crippen LogP contribution < -0.4 is 5.32 Å². The van der Waals surface area contributed by atoms with E-state index in [0.717, 1.165) is 17.5 Å². The fourth-order valence-corrected chi connectivity index (χ4v) is 3.46. The van der Waals surface area contributed by atoms with Crippen molar-refractivity contribution in [2.75, 3.05) is 12.3 Å². The monoisotopic (exact) mass is 283 g/mol. The Balaban J connectivity index is 1.72. The van der Waals surface area contributed by atoms with Gasteiger partial charge in [0.15, 0.2) is 0 Å². The number of hydrogen-bond donors (Lipinski definition) is 1. The molecule has 108 valence electrons. The van der Waals surface area contributed by atoms with Crippen LogP contribution in [0.25, 0.3) is 0 Å². The lowest BCUT2D eigenvalue weighted by molar-refractivity contribution is 0.423. The van der Waals surface area contributed by atoms with Crippen molar-refractivity contribution in [1.29, 1.82) is 0 Å². The molecule has 1 aromatic heterocycles. The van der Waals surface area contributed by atoms with Crippen LogP contribution in [-0.2, 0) is 0 Å². The van der Waals surface area contributed by atoms with E-state index >= 15 is 0 Å². The molecule has 0 bridgehead atoms. The van der Waals surface area contributed by atoms with Crippen LogP contribution in [0.2, 0.25) is 0 Å². The molecule has 5 nitrogen and oxygen atoms in total. The van der Waals surface area contributed by atoms with Gasteiger partial charge in [0.25, 0.3) is 0 Å². The van der Waals surface area contributed by atoms with Gasteiger partial charge in [-0.25, -0.2) is 4.68 Å². The zero-order valence-electron chi connectivity index (χ0n) is 12.0. The number of rotatable bonds is 8. The van der Waals surface area contributed by atoms with Gasteiger partial charge in [0.1, 0.15) is 0 Å². The Morgan fingerprint density at radius 2 is 2.21 bits per heavy atom. The molecule has 1 N–H and O–H groups in total. The normalized spacial score (nSPS) is 18.0. The molecular weight excluding hydrogens is 258 g/mol. The van der Waals surface area contributed by atoms with Crippen molar-refractivity contribution >= 4 is 11.8 Å². The molecule has 0 amide bonds. The average molecular weight is 283 g/mol. The molecule has 1 aliphatic carbocycles. The van der Waals surface area contributed by atoms with Crippen LogP contribution in [0.3, 0.4) is 0 Å². The lowest BCUT2D eigenvalue weighted by Crippen LogP contribution is -2.27. The number of thioether (sulfide) groups is 1. The largest absolute Gasteiger partial charge is 0.313 e. The first-order chi connectivity index (χ1) is 9.31. The van der Waals surface area contributed by atoms with Gasteiger partial charge in [-0.2, -0.15) is 0 Å². The summed E-state index contributed by atoms with van der Waals surface area (Å²) in [5.41, 5.74) is 0. The topological polar surface area (TPSA) is 55.6 Å². The molecule has 1 aromatic rings. The van der Waals surface area contributed by atoms with E-state index in [1.807, 2.05) is 4.68 Å². The highest BCUT2D eigenvalue weighted by atomic mass is 32.2. The van der Waals surface area contributed by atoms with Crippen LogP contribution in [0, 0.1) is 0 Å². The highest BCUT2D eigenvalue weighted by molar-refractivity contribution is 7.99. The minimum absolute atomic E-state index is 0.532. The molecule has 1 atom stereocenters. The molecule has 0 saturated heterocycles. The summed E-state index contributed by atoms with van der Waals surface area (Å²) < 4.78 is 2.03. The highest BCUT2D eigenvalue weighted by Crippen LogP contribution is 2.31. The number of aromatic nitrogens is 4. The second-order valence-electron chi connectivity index (χ2n) is 5.34. The van der Waals surface area contributed by atoms with Crippen molar-refractivity contribution < 1.29 is 0 Å². The van der Waals surface area contributed by atoms with E-state index in [1.54, 1.807) is 11.8 Å². The number of nitrogens with one attached hydrogen (secondary N) is 1. The molecule has 1 fully saturated rings. The van der Waals surface area contributed by atoms with Crippen LogP contribution in [0.15, 0.2) is 5.16 Å².